The van der Waals surface area contributed by atoms with Gasteiger partial charge in [0.25, 0.3) is 5.69 Å². The van der Waals surface area contributed by atoms with Gasteiger partial charge in [-0.2, -0.15) is 0 Å². The molecule has 9 nitrogen and oxygen atoms in total. The summed E-state index contributed by atoms with van der Waals surface area (Å²) in [4.78, 5) is 22.6. The molecular weight excluding hydrogens is 434 g/mol. The predicted molar refractivity (Wildman–Crippen MR) is 124 cm³/mol. The molecule has 174 valence electrons. The van der Waals surface area contributed by atoms with Crippen molar-refractivity contribution in [3.63, 3.8) is 0 Å². The number of nitro groups is 1. The van der Waals surface area contributed by atoms with E-state index in [1.165, 1.54) is 18.2 Å². The van der Waals surface area contributed by atoms with Crippen LogP contribution < -0.4 is 14.4 Å². The summed E-state index contributed by atoms with van der Waals surface area (Å²) in [5, 5.41) is 13.8. The van der Waals surface area contributed by atoms with Crippen molar-refractivity contribution in [3.05, 3.63) is 63.2 Å². The van der Waals surface area contributed by atoms with E-state index in [-0.39, 0.29) is 36.7 Å². The predicted octanol–water partition coefficient (Wildman–Crippen LogP) is 3.26. The van der Waals surface area contributed by atoms with Crippen LogP contribution >= 0.6 is 0 Å². The van der Waals surface area contributed by atoms with Crippen LogP contribution in [0.1, 0.15) is 29.5 Å². The van der Waals surface area contributed by atoms with Crippen molar-refractivity contribution >= 4 is 27.3 Å². The smallest absolute Gasteiger partial charge is 0.271 e. The fourth-order valence-corrected chi connectivity index (χ4v) is 4.31. The van der Waals surface area contributed by atoms with Gasteiger partial charge in [-0.25, -0.2) is 8.42 Å². The largest absolute Gasteiger partial charge is 0.492 e. The topological polar surface area (TPSA) is 119 Å². The number of ether oxygens (including phenoxy) is 1. The average molecular weight is 464 g/mol. The molecule has 0 fully saturated rings. The second-order valence-electron chi connectivity index (χ2n) is 7.69. The molecule has 0 saturated heterocycles. The van der Waals surface area contributed by atoms with Crippen LogP contribution in [-0.2, 0) is 14.8 Å². The lowest BCUT2D eigenvalue weighted by atomic mass is 10.1. The van der Waals surface area contributed by atoms with Crippen LogP contribution in [-0.4, -0.2) is 45.2 Å². The summed E-state index contributed by atoms with van der Waals surface area (Å²) in [6, 6.07) is 9.96. The van der Waals surface area contributed by atoms with E-state index < -0.39 is 14.9 Å². The lowest BCUT2D eigenvalue weighted by Gasteiger charge is -2.24. The first kappa shape index (κ1) is 25.1. The molecule has 2 aromatic carbocycles. The molecule has 0 bridgehead atoms. The summed E-state index contributed by atoms with van der Waals surface area (Å²) < 4.78 is 31.3. The number of non-ortho nitro benzene ring substituents is 1. The quantitative estimate of drug-likeness (QED) is 0.310. The van der Waals surface area contributed by atoms with E-state index in [0.29, 0.717) is 18.7 Å². The molecule has 10 heteroatoms. The first-order valence-electron chi connectivity index (χ1n) is 10.2. The normalized spacial score (nSPS) is 11.1. The number of benzene rings is 2. The SMILES string of the molecule is Cc1cc(C)cc(OCCNC(=O)CCCN(c2cc([N+](=O)[O-])ccc2C)S(C)(=O)=O)c1. The van der Waals surface area contributed by atoms with E-state index >= 15 is 0 Å². The molecule has 1 amide bonds. The lowest BCUT2D eigenvalue weighted by Crippen LogP contribution is -2.33. The zero-order chi connectivity index (χ0) is 23.9. The van der Waals surface area contributed by atoms with Crippen LogP contribution in [0.5, 0.6) is 5.75 Å². The van der Waals surface area contributed by atoms with E-state index in [2.05, 4.69) is 5.32 Å². The molecule has 0 heterocycles. The number of carbonyl (C=O) groups is 1. The summed E-state index contributed by atoms with van der Waals surface area (Å²) in [5.41, 5.74) is 2.83. The molecule has 1 N–H and O–H groups in total. The zero-order valence-corrected chi connectivity index (χ0v) is 19.6. The Morgan fingerprint density at radius 3 is 2.38 bits per heavy atom. The van der Waals surface area contributed by atoms with Crippen LogP contribution in [0.4, 0.5) is 11.4 Å². The van der Waals surface area contributed by atoms with E-state index in [0.717, 1.165) is 27.4 Å². The number of amides is 1. The highest BCUT2D eigenvalue weighted by molar-refractivity contribution is 7.92. The van der Waals surface area contributed by atoms with Gasteiger partial charge in [-0.1, -0.05) is 12.1 Å². The van der Waals surface area contributed by atoms with Crippen molar-refractivity contribution in [2.45, 2.75) is 33.6 Å². The highest BCUT2D eigenvalue weighted by Gasteiger charge is 2.22. The number of sulfonamides is 1. The number of nitro benzene ring substituents is 1. The third kappa shape index (κ3) is 7.52. The van der Waals surface area contributed by atoms with Crippen molar-refractivity contribution in [2.24, 2.45) is 0 Å². The molecule has 0 radical (unpaired) electrons. The minimum absolute atomic E-state index is 0.0350. The maximum absolute atomic E-state index is 12.3. The summed E-state index contributed by atoms with van der Waals surface area (Å²) >= 11 is 0. The molecule has 2 aromatic rings. The number of hydrogen-bond donors (Lipinski definition) is 1. The minimum Gasteiger partial charge on any atom is -0.492 e. The zero-order valence-electron chi connectivity index (χ0n) is 18.8. The Hall–Kier alpha value is -3.14. The van der Waals surface area contributed by atoms with Crippen LogP contribution in [0.25, 0.3) is 0 Å². The molecule has 0 saturated carbocycles. The Morgan fingerprint density at radius 1 is 1.12 bits per heavy atom. The fourth-order valence-electron chi connectivity index (χ4n) is 3.29. The van der Waals surface area contributed by atoms with E-state index in [1.807, 2.05) is 32.0 Å². The number of rotatable bonds is 11. The molecule has 0 aliphatic carbocycles. The van der Waals surface area contributed by atoms with Crippen molar-refractivity contribution in [2.75, 3.05) is 30.3 Å². The maximum Gasteiger partial charge on any atom is 0.271 e. The van der Waals surface area contributed by atoms with E-state index in [9.17, 15) is 23.3 Å². The number of nitrogens with one attached hydrogen (secondary N) is 1. The summed E-state index contributed by atoms with van der Waals surface area (Å²) in [5.74, 6) is 0.520. The Kier molecular flexibility index (Phi) is 8.59. The Balaban J connectivity index is 1.87. The molecule has 32 heavy (non-hydrogen) atoms. The van der Waals surface area contributed by atoms with Crippen molar-refractivity contribution in [1.82, 2.24) is 5.32 Å². The van der Waals surface area contributed by atoms with Crippen LogP contribution in [0.3, 0.4) is 0 Å². The third-order valence-electron chi connectivity index (χ3n) is 4.73. The monoisotopic (exact) mass is 463 g/mol. The van der Waals surface area contributed by atoms with Gasteiger partial charge in [0, 0.05) is 25.1 Å². The molecule has 0 spiro atoms. The minimum atomic E-state index is -3.68. The average Bonchev–Trinajstić information content (AvgIpc) is 2.67. The first-order valence-corrected chi connectivity index (χ1v) is 12.0. The van der Waals surface area contributed by atoms with Gasteiger partial charge < -0.3 is 10.1 Å². The highest BCUT2D eigenvalue weighted by atomic mass is 32.2. The Morgan fingerprint density at radius 2 is 1.78 bits per heavy atom. The van der Waals surface area contributed by atoms with Gasteiger partial charge in [0.15, 0.2) is 0 Å². The van der Waals surface area contributed by atoms with E-state index in [4.69, 9.17) is 4.74 Å². The van der Waals surface area contributed by atoms with Gasteiger partial charge in [0.1, 0.15) is 12.4 Å². The maximum atomic E-state index is 12.3. The number of nitrogens with zero attached hydrogens (tertiary/aromatic N) is 2. The second-order valence-corrected chi connectivity index (χ2v) is 9.60. The number of carbonyl (C=O) groups excluding carboxylic acids is 1. The van der Waals surface area contributed by atoms with Crippen molar-refractivity contribution in [3.8, 4) is 5.75 Å². The van der Waals surface area contributed by atoms with Crippen molar-refractivity contribution < 1.29 is 22.9 Å². The summed E-state index contributed by atoms with van der Waals surface area (Å²) in [6.45, 7) is 6.32. The van der Waals surface area contributed by atoms with Gasteiger partial charge in [0.05, 0.1) is 23.4 Å². The molecule has 2 rings (SSSR count). The fraction of sp³-hybridized carbons (Fsp3) is 0.409. The molecule has 0 aliphatic rings. The first-order chi connectivity index (χ1) is 15.0. The molecule has 0 atom stereocenters. The van der Waals surface area contributed by atoms with Crippen LogP contribution in [0, 0.1) is 30.9 Å². The van der Waals surface area contributed by atoms with Gasteiger partial charge in [-0.15, -0.1) is 0 Å². The van der Waals surface area contributed by atoms with Gasteiger partial charge in [-0.3, -0.25) is 19.2 Å². The van der Waals surface area contributed by atoms with Crippen molar-refractivity contribution in [1.29, 1.82) is 0 Å². The van der Waals surface area contributed by atoms with Gasteiger partial charge >= 0.3 is 0 Å². The molecule has 0 aliphatic heterocycles. The number of anilines is 1. The van der Waals surface area contributed by atoms with Crippen LogP contribution in [0.15, 0.2) is 36.4 Å². The standard InChI is InChI=1S/C22H29N3O6S/c1-16-12-17(2)14-20(13-16)31-11-9-23-22(26)6-5-10-24(32(4,29)30)21-15-19(25(27)28)8-7-18(21)3/h7-8,12-15H,5-6,9-11H2,1-4H3,(H,23,26). The van der Waals surface area contributed by atoms with Crippen LogP contribution in [0.2, 0.25) is 0 Å². The van der Waals surface area contributed by atoms with Gasteiger partial charge in [-0.05, 0) is 56.0 Å². The third-order valence-corrected chi connectivity index (χ3v) is 5.91. The second kappa shape index (κ2) is 10.9. The Bertz CT molecular complexity index is 1060. The lowest BCUT2D eigenvalue weighted by molar-refractivity contribution is -0.384. The van der Waals surface area contributed by atoms with E-state index in [1.54, 1.807) is 6.92 Å². The Labute approximate surface area is 188 Å². The number of hydrogen-bond acceptors (Lipinski definition) is 6. The molecule has 0 aromatic heterocycles. The van der Waals surface area contributed by atoms with Gasteiger partial charge in [0.2, 0.25) is 15.9 Å². The summed E-state index contributed by atoms with van der Waals surface area (Å²) in [6.07, 6.45) is 1.41. The highest BCUT2D eigenvalue weighted by Crippen LogP contribution is 2.27. The summed E-state index contributed by atoms with van der Waals surface area (Å²) in [7, 11) is -3.68. The molecular formula is C22H29N3O6S. The number of aryl methyl sites for hydroxylation is 3. The molecule has 0 unspecified atom stereocenters.